The van der Waals surface area contributed by atoms with Crippen LogP contribution in [0.1, 0.15) is 245 Å². The molecule has 6 heteroatoms. The molecule has 0 aromatic carbocycles. The van der Waals surface area contributed by atoms with Crippen LogP contribution in [0.15, 0.2) is 24.3 Å². The molecule has 6 nitrogen and oxygen atoms in total. The van der Waals surface area contributed by atoms with E-state index in [1.165, 1.54) is 141 Å². The summed E-state index contributed by atoms with van der Waals surface area (Å²) in [5.41, 5.74) is 0. The van der Waals surface area contributed by atoms with Crippen LogP contribution < -0.4 is 5.32 Å². The van der Waals surface area contributed by atoms with Crippen molar-refractivity contribution in [3.05, 3.63) is 24.3 Å². The molecule has 0 aliphatic carbocycles. The molecular formula is C48H91NO5. The van der Waals surface area contributed by atoms with Crippen molar-refractivity contribution < 1.29 is 24.5 Å². The van der Waals surface area contributed by atoms with E-state index in [1.54, 1.807) is 6.08 Å². The lowest BCUT2D eigenvalue weighted by atomic mass is 10.0. The fourth-order valence-electron chi connectivity index (χ4n) is 7.04. The lowest BCUT2D eigenvalue weighted by Crippen LogP contribution is -2.45. The fraction of sp³-hybridized carbons (Fsp3) is 0.875. The molecule has 0 aromatic heterocycles. The van der Waals surface area contributed by atoms with Crippen molar-refractivity contribution in [3.8, 4) is 0 Å². The molecule has 0 saturated heterocycles. The van der Waals surface area contributed by atoms with Crippen LogP contribution in [-0.4, -0.2) is 47.4 Å². The average Bonchev–Trinajstić information content (AvgIpc) is 3.17. The number of nitrogens with one attached hydrogen (secondary N) is 1. The van der Waals surface area contributed by atoms with Gasteiger partial charge in [-0.15, -0.1) is 0 Å². The summed E-state index contributed by atoms with van der Waals surface area (Å²) in [5, 5.41) is 22.8. The third-order valence-corrected chi connectivity index (χ3v) is 10.7. The summed E-state index contributed by atoms with van der Waals surface area (Å²) in [7, 11) is 0. The molecule has 0 fully saturated rings. The largest absolute Gasteiger partial charge is 0.466 e. The van der Waals surface area contributed by atoms with Crippen LogP contribution in [0.5, 0.6) is 0 Å². The van der Waals surface area contributed by atoms with Crippen molar-refractivity contribution in [1.82, 2.24) is 5.32 Å². The van der Waals surface area contributed by atoms with Gasteiger partial charge in [0.05, 0.1) is 25.4 Å². The molecule has 0 spiro atoms. The summed E-state index contributed by atoms with van der Waals surface area (Å²) in [5.74, 6) is -0.142. The molecule has 0 heterocycles. The van der Waals surface area contributed by atoms with E-state index in [1.807, 2.05) is 6.08 Å². The second-order valence-electron chi connectivity index (χ2n) is 16.1. The molecule has 0 bridgehead atoms. The normalized spacial score (nSPS) is 12.9. The van der Waals surface area contributed by atoms with Crippen molar-refractivity contribution >= 4 is 11.9 Å². The highest BCUT2D eigenvalue weighted by Gasteiger charge is 2.18. The Labute approximate surface area is 335 Å². The van der Waals surface area contributed by atoms with Gasteiger partial charge in [-0.25, -0.2) is 0 Å². The summed E-state index contributed by atoms with van der Waals surface area (Å²) >= 11 is 0. The minimum Gasteiger partial charge on any atom is -0.466 e. The van der Waals surface area contributed by atoms with E-state index >= 15 is 0 Å². The van der Waals surface area contributed by atoms with E-state index in [-0.39, 0.29) is 18.5 Å². The van der Waals surface area contributed by atoms with Gasteiger partial charge in [-0.2, -0.15) is 0 Å². The van der Waals surface area contributed by atoms with Crippen molar-refractivity contribution in [3.63, 3.8) is 0 Å². The third kappa shape index (κ3) is 40.0. The van der Waals surface area contributed by atoms with Gasteiger partial charge in [0.2, 0.25) is 5.91 Å². The molecule has 1 amide bonds. The zero-order valence-corrected chi connectivity index (χ0v) is 36.0. The van der Waals surface area contributed by atoms with E-state index in [0.717, 1.165) is 77.0 Å². The number of hydrogen-bond acceptors (Lipinski definition) is 5. The Morgan fingerprint density at radius 1 is 0.500 bits per heavy atom. The number of ether oxygens (including phenoxy) is 1. The Morgan fingerprint density at radius 2 is 0.870 bits per heavy atom. The number of unbranched alkanes of at least 4 members (excludes halogenated alkanes) is 30. The van der Waals surface area contributed by atoms with Crippen LogP contribution in [0, 0.1) is 0 Å². The molecule has 0 aromatic rings. The van der Waals surface area contributed by atoms with E-state index < -0.39 is 12.1 Å². The van der Waals surface area contributed by atoms with E-state index in [2.05, 4.69) is 31.3 Å². The SMILES string of the molecule is CCCCCCCCC/C=C/C(O)C(CO)NC(=O)CCCCCC/C=C\CCCCOC(=O)CCCCCCCCCCCCCCCCCCCC. The number of amides is 1. The second kappa shape index (κ2) is 44.1. The number of rotatable bonds is 43. The molecule has 0 saturated carbocycles. The highest BCUT2D eigenvalue weighted by Crippen LogP contribution is 2.15. The minimum atomic E-state index is -0.862. The first kappa shape index (κ1) is 52.3. The molecule has 0 rings (SSSR count). The van der Waals surface area contributed by atoms with E-state index in [4.69, 9.17) is 4.74 Å². The highest BCUT2D eigenvalue weighted by atomic mass is 16.5. The first-order chi connectivity index (χ1) is 26.5. The number of allylic oxidation sites excluding steroid dienone is 3. The molecule has 54 heavy (non-hydrogen) atoms. The van der Waals surface area contributed by atoms with Crippen LogP contribution in [0.2, 0.25) is 0 Å². The smallest absolute Gasteiger partial charge is 0.305 e. The van der Waals surface area contributed by atoms with Gasteiger partial charge in [0.25, 0.3) is 0 Å². The topological polar surface area (TPSA) is 95.9 Å². The molecule has 2 atom stereocenters. The van der Waals surface area contributed by atoms with E-state index in [9.17, 15) is 19.8 Å². The maximum absolute atomic E-state index is 12.3. The Balaban J connectivity index is 3.50. The highest BCUT2D eigenvalue weighted by molar-refractivity contribution is 5.76. The van der Waals surface area contributed by atoms with Crippen LogP contribution in [-0.2, 0) is 14.3 Å². The third-order valence-electron chi connectivity index (χ3n) is 10.7. The minimum absolute atomic E-state index is 0.0354. The summed E-state index contributed by atoms with van der Waals surface area (Å²) in [6.07, 6.45) is 50.4. The molecule has 0 aliphatic heterocycles. The molecule has 2 unspecified atom stereocenters. The first-order valence-corrected chi connectivity index (χ1v) is 23.6. The Bertz CT molecular complexity index is 843. The molecule has 3 N–H and O–H groups in total. The number of carbonyl (C=O) groups is 2. The molecular weight excluding hydrogens is 671 g/mol. The standard InChI is InChI=1S/C48H91NO5/c1-3-5-7-9-11-13-14-15-16-17-18-19-20-21-26-30-34-38-42-48(53)54-43-39-35-31-27-23-22-25-29-33-37-41-47(52)49-45(44-50)46(51)40-36-32-28-24-12-10-8-6-4-2/h23,27,36,40,45-46,50-51H,3-22,24-26,28-35,37-39,41-44H2,1-2H3,(H,49,52)/b27-23-,40-36+. The number of carbonyl (C=O) groups excluding carboxylic acids is 2. The molecule has 0 aliphatic rings. The van der Waals surface area contributed by atoms with E-state index in [0.29, 0.717) is 19.4 Å². The second-order valence-corrected chi connectivity index (χ2v) is 16.1. The summed E-state index contributed by atoms with van der Waals surface area (Å²) < 4.78 is 5.43. The quantitative estimate of drug-likeness (QED) is 0.0327. The summed E-state index contributed by atoms with van der Waals surface area (Å²) in [6.45, 7) is 4.78. The number of aliphatic hydroxyl groups is 2. The zero-order valence-electron chi connectivity index (χ0n) is 36.0. The molecule has 0 radical (unpaired) electrons. The first-order valence-electron chi connectivity index (χ1n) is 23.6. The van der Waals surface area contributed by atoms with Gasteiger partial charge >= 0.3 is 5.97 Å². The van der Waals surface area contributed by atoms with Crippen LogP contribution in [0.25, 0.3) is 0 Å². The number of hydrogen-bond donors (Lipinski definition) is 3. The summed E-state index contributed by atoms with van der Waals surface area (Å²) in [4.78, 5) is 24.4. The van der Waals surface area contributed by atoms with Crippen molar-refractivity contribution in [1.29, 1.82) is 0 Å². The van der Waals surface area contributed by atoms with Crippen LogP contribution in [0.4, 0.5) is 0 Å². The lowest BCUT2D eigenvalue weighted by Gasteiger charge is -2.20. The summed E-state index contributed by atoms with van der Waals surface area (Å²) in [6, 6.07) is -0.650. The Hall–Kier alpha value is -1.66. The predicted octanol–water partition coefficient (Wildman–Crippen LogP) is 13.6. The maximum atomic E-state index is 12.3. The van der Waals surface area contributed by atoms with Crippen molar-refractivity contribution in [2.45, 2.75) is 257 Å². The van der Waals surface area contributed by atoms with Gasteiger partial charge in [-0.3, -0.25) is 9.59 Å². The van der Waals surface area contributed by atoms with Gasteiger partial charge in [0.15, 0.2) is 0 Å². The van der Waals surface area contributed by atoms with Gasteiger partial charge in [0, 0.05) is 12.8 Å². The number of esters is 1. The fourth-order valence-corrected chi connectivity index (χ4v) is 7.04. The monoisotopic (exact) mass is 762 g/mol. The average molecular weight is 762 g/mol. The maximum Gasteiger partial charge on any atom is 0.305 e. The Kier molecular flexibility index (Phi) is 42.7. The number of aliphatic hydroxyl groups excluding tert-OH is 2. The zero-order chi connectivity index (χ0) is 39.4. The van der Waals surface area contributed by atoms with Crippen LogP contribution >= 0.6 is 0 Å². The van der Waals surface area contributed by atoms with Gasteiger partial charge in [-0.1, -0.05) is 199 Å². The van der Waals surface area contributed by atoms with Crippen LogP contribution in [0.3, 0.4) is 0 Å². The van der Waals surface area contributed by atoms with Crippen molar-refractivity contribution in [2.24, 2.45) is 0 Å². The van der Waals surface area contributed by atoms with Gasteiger partial charge in [-0.05, 0) is 57.8 Å². The Morgan fingerprint density at radius 3 is 1.31 bits per heavy atom. The predicted molar refractivity (Wildman–Crippen MR) is 232 cm³/mol. The van der Waals surface area contributed by atoms with Gasteiger partial charge in [0.1, 0.15) is 0 Å². The van der Waals surface area contributed by atoms with Gasteiger partial charge < -0.3 is 20.3 Å². The van der Waals surface area contributed by atoms with Crippen molar-refractivity contribution in [2.75, 3.05) is 13.2 Å². The lowest BCUT2D eigenvalue weighted by molar-refractivity contribution is -0.143. The molecule has 318 valence electrons.